The van der Waals surface area contributed by atoms with Gasteiger partial charge in [-0.3, -0.25) is 29.9 Å². The number of carboxylic acid groups (broad SMARTS) is 1. The molecule has 0 unspecified atom stereocenters. The van der Waals surface area contributed by atoms with E-state index >= 15 is 0 Å². The van der Waals surface area contributed by atoms with Crippen LogP contribution in [0, 0.1) is 41.3 Å². The van der Waals surface area contributed by atoms with Crippen LogP contribution in [0.5, 0.6) is 0 Å². The van der Waals surface area contributed by atoms with E-state index in [0.29, 0.717) is 19.6 Å². The largest absolute Gasteiger partial charge is 3.00 e. The number of hydrogen-bond acceptors (Lipinski definition) is 8. The minimum atomic E-state index is -1.07. The van der Waals surface area contributed by atoms with Gasteiger partial charge < -0.3 is 16.2 Å². The van der Waals surface area contributed by atoms with Crippen LogP contribution < -0.4 is 5.32 Å². The van der Waals surface area contributed by atoms with E-state index in [0.717, 1.165) is 0 Å². The van der Waals surface area contributed by atoms with E-state index in [9.17, 15) is 9.59 Å². The van der Waals surface area contributed by atoms with Crippen LogP contribution in [0.3, 0.4) is 0 Å². The number of carbonyl (C=O) groups is 2. The van der Waals surface area contributed by atoms with Crippen molar-refractivity contribution in [1.82, 2.24) is 15.1 Å². The third kappa shape index (κ3) is 15.3. The Balaban J connectivity index is 0. The second-order valence-corrected chi connectivity index (χ2v) is 4.39. The van der Waals surface area contributed by atoms with Gasteiger partial charge in [0.15, 0.2) is 0 Å². The zero-order valence-corrected chi connectivity index (χ0v) is 16.5. The maximum atomic E-state index is 11.4. The van der Waals surface area contributed by atoms with Gasteiger partial charge in [0.25, 0.3) is 0 Å². The molecule has 130 valence electrons. The molecule has 0 aromatic carbocycles. The molecule has 0 fully saturated rings. The number of carboxylic acids is 1. The van der Waals surface area contributed by atoms with Crippen molar-refractivity contribution < 1.29 is 76.3 Å². The van der Waals surface area contributed by atoms with Crippen LogP contribution in [0.2, 0.25) is 0 Å². The Morgan fingerprint density at radius 1 is 0.957 bits per heavy atom. The first kappa shape index (κ1) is 25.3. The molecule has 0 aromatic heterocycles. The number of rotatable bonds is 14. The van der Waals surface area contributed by atoms with E-state index in [-0.39, 0.29) is 80.8 Å². The van der Waals surface area contributed by atoms with Crippen molar-refractivity contribution in [2.45, 2.75) is 0 Å². The van der Waals surface area contributed by atoms with E-state index in [4.69, 9.17) is 21.4 Å². The Kier molecular flexibility index (Phi) is 18.5. The maximum Gasteiger partial charge on any atom is 3.00 e. The zero-order valence-electron chi connectivity index (χ0n) is 12.8. The minimum Gasteiger partial charge on any atom is -0.660 e. The second-order valence-electron chi connectivity index (χ2n) is 4.39. The van der Waals surface area contributed by atoms with Crippen molar-refractivity contribution in [3.63, 3.8) is 0 Å². The minimum absolute atomic E-state index is 0. The molecule has 0 aliphatic heterocycles. The summed E-state index contributed by atoms with van der Waals surface area (Å²) in [5.41, 5.74) is 6.89. The molecule has 11 nitrogen and oxygen atoms in total. The molecule has 0 bridgehead atoms. The van der Waals surface area contributed by atoms with E-state index in [1.807, 2.05) is 0 Å². The van der Waals surface area contributed by atoms with Crippen LogP contribution in [-0.2, 0) is 19.4 Å². The van der Waals surface area contributed by atoms with Crippen molar-refractivity contribution in [2.75, 3.05) is 59.2 Å². The monoisotopic (exact) mass is 464 g/mol. The van der Waals surface area contributed by atoms with Crippen LogP contribution >= 0.6 is 0 Å². The molecule has 5 N–H and O–H groups in total. The molecule has 0 saturated carbocycles. The fourth-order valence-corrected chi connectivity index (χ4v) is 1.72. The zero-order chi connectivity index (χ0) is 16.8. The van der Waals surface area contributed by atoms with Crippen molar-refractivity contribution >= 4 is 11.9 Å². The van der Waals surface area contributed by atoms with Crippen molar-refractivity contribution in [3.05, 3.63) is 5.73 Å². The van der Waals surface area contributed by atoms with Gasteiger partial charge in [-0.25, -0.2) is 9.78 Å². The average Bonchev–Trinajstić information content (AvgIpc) is 2.45. The molecule has 0 aromatic rings. The van der Waals surface area contributed by atoms with E-state index < -0.39 is 11.9 Å². The second kappa shape index (κ2) is 16.9. The van der Waals surface area contributed by atoms with E-state index in [2.05, 4.69) is 15.1 Å². The van der Waals surface area contributed by atoms with Crippen LogP contribution in [0.15, 0.2) is 0 Å². The van der Waals surface area contributed by atoms with Crippen molar-refractivity contribution in [3.8, 4) is 0 Å². The molecule has 12 heteroatoms. The molecule has 0 saturated heterocycles. The molecule has 0 atom stereocenters. The van der Waals surface area contributed by atoms with E-state index in [1.54, 1.807) is 4.90 Å². The first-order valence-corrected chi connectivity index (χ1v) is 6.64. The molecule has 1 amide bonds. The number of carbonyl (C=O) groups excluding carboxylic acids is 1. The van der Waals surface area contributed by atoms with Gasteiger partial charge >= 0.3 is 47.3 Å². The van der Waals surface area contributed by atoms with Gasteiger partial charge in [0.2, 0.25) is 5.91 Å². The molecule has 0 heterocycles. The summed E-state index contributed by atoms with van der Waals surface area (Å²) < 4.78 is 0. The number of amides is 1. The summed E-state index contributed by atoms with van der Waals surface area (Å²) in [6.07, 6.45) is 0. The Morgan fingerprint density at radius 3 is 1.91 bits per heavy atom. The Hall–Kier alpha value is 0.0236. The van der Waals surface area contributed by atoms with Crippen molar-refractivity contribution in [1.29, 1.82) is 0 Å². The summed E-state index contributed by atoms with van der Waals surface area (Å²) in [7, 11) is 0. The first-order valence-electron chi connectivity index (χ1n) is 6.64. The fraction of sp³-hybridized carbons (Fsp3) is 0.818. The smallest absolute Gasteiger partial charge is 0.660 e. The summed E-state index contributed by atoms with van der Waals surface area (Å²) in [6, 6.07) is 0. The topological polar surface area (TPSA) is 156 Å². The van der Waals surface area contributed by atoms with Gasteiger partial charge in [0, 0.05) is 26.2 Å². The molecule has 0 spiro atoms. The molecule has 0 aliphatic rings. The molecule has 23 heavy (non-hydrogen) atoms. The molecular formula is C11H23N4O7Pr+2. The van der Waals surface area contributed by atoms with Gasteiger partial charge in [-0.1, -0.05) is 6.67 Å². The van der Waals surface area contributed by atoms with Gasteiger partial charge in [-0.2, -0.15) is 0 Å². The van der Waals surface area contributed by atoms with Gasteiger partial charge in [-0.15, -0.1) is 0 Å². The molecule has 0 radical (unpaired) electrons. The normalized spacial score (nSPS) is 10.7. The predicted molar refractivity (Wildman–Crippen MR) is 75.0 cm³/mol. The fourth-order valence-electron chi connectivity index (χ4n) is 1.72. The van der Waals surface area contributed by atoms with Crippen LogP contribution in [-0.4, -0.2) is 96.4 Å². The summed E-state index contributed by atoms with van der Waals surface area (Å²) in [4.78, 5) is 33.4. The molecular weight excluding hydrogens is 441 g/mol. The Bertz CT molecular complexity index is 317. The summed E-state index contributed by atoms with van der Waals surface area (Å²) in [5.74, 6) is -1.50. The van der Waals surface area contributed by atoms with Crippen LogP contribution in [0.1, 0.15) is 0 Å². The summed E-state index contributed by atoms with van der Waals surface area (Å²) in [5, 5.41) is 27.8. The standard InChI is InChI=1S/C11H23N4O7.Pr/c12-9-13-10(16)7-15(8-11(17)18)2-1-14(3-5-21-19)4-6-22-20;/h12,19-20H,1-9H2,(H,13,16)(H,17,18);/q-1;+3. The molecule has 0 aliphatic carbocycles. The van der Waals surface area contributed by atoms with Crippen LogP contribution in [0.4, 0.5) is 0 Å². The average molecular weight is 464 g/mol. The number of hydrogen-bond donors (Lipinski definition) is 4. The maximum absolute atomic E-state index is 11.4. The van der Waals surface area contributed by atoms with Crippen LogP contribution in [0.25, 0.3) is 5.73 Å². The number of aliphatic carboxylic acids is 1. The van der Waals surface area contributed by atoms with Crippen molar-refractivity contribution in [2.24, 2.45) is 0 Å². The van der Waals surface area contributed by atoms with Gasteiger partial charge in [-0.05, 0) is 0 Å². The number of nitrogens with zero attached hydrogens (tertiary/aromatic N) is 2. The third-order valence-electron chi connectivity index (χ3n) is 2.74. The molecule has 0 rings (SSSR count). The Morgan fingerprint density at radius 2 is 1.48 bits per heavy atom. The van der Waals surface area contributed by atoms with Gasteiger partial charge in [0.05, 0.1) is 26.3 Å². The third-order valence-corrected chi connectivity index (χ3v) is 2.74. The van der Waals surface area contributed by atoms with E-state index in [1.165, 1.54) is 4.90 Å². The first-order chi connectivity index (χ1) is 10.5. The quantitative estimate of drug-likeness (QED) is 0.183. The SMILES string of the molecule is [NH-]CNC(=O)CN(CCN(CCOO)CCOO)CC(=O)O.[Pr+3]. The Labute approximate surface area is 167 Å². The van der Waals surface area contributed by atoms with Gasteiger partial charge in [0.1, 0.15) is 0 Å². The predicted octanol–water partition coefficient (Wildman–Crippen LogP) is -1.22. The summed E-state index contributed by atoms with van der Waals surface area (Å²) >= 11 is 0. The summed E-state index contributed by atoms with van der Waals surface area (Å²) in [6.45, 7) is 0.724. The number of nitrogens with one attached hydrogen (secondary N) is 2.